The van der Waals surface area contributed by atoms with Crippen molar-refractivity contribution in [2.45, 2.75) is 57.1 Å². The molecule has 1 amide bonds. The summed E-state index contributed by atoms with van der Waals surface area (Å²) in [4.78, 5) is 18.6. The minimum absolute atomic E-state index is 0.134. The Morgan fingerprint density at radius 2 is 2.14 bits per heavy atom. The number of hydrogen-bond acceptors (Lipinski definition) is 3. The molecule has 0 radical (unpaired) electrons. The zero-order valence-corrected chi connectivity index (χ0v) is 12.4. The van der Waals surface area contributed by atoms with Crippen molar-refractivity contribution in [1.29, 1.82) is 0 Å². The third-order valence-electron chi connectivity index (χ3n) is 4.91. The molecule has 2 heterocycles. The van der Waals surface area contributed by atoms with Gasteiger partial charge < -0.3 is 10.0 Å². The topological polar surface area (TPSA) is 53.4 Å². The van der Waals surface area contributed by atoms with Crippen molar-refractivity contribution < 1.29 is 9.90 Å². The fourth-order valence-electron chi connectivity index (χ4n) is 3.87. The first kappa shape index (κ1) is 14.5. The van der Waals surface area contributed by atoms with Crippen LogP contribution in [0.1, 0.15) is 44.1 Å². The first-order valence-corrected chi connectivity index (χ1v) is 8.10. The molecule has 21 heavy (non-hydrogen) atoms. The number of aliphatic hydroxyl groups excluding tert-OH is 1. The van der Waals surface area contributed by atoms with E-state index in [0.717, 1.165) is 12.0 Å². The Morgan fingerprint density at radius 3 is 2.86 bits per heavy atom. The summed E-state index contributed by atoms with van der Waals surface area (Å²) < 4.78 is 0. The van der Waals surface area contributed by atoms with Gasteiger partial charge >= 0.3 is 0 Å². The summed E-state index contributed by atoms with van der Waals surface area (Å²) in [6.07, 6.45) is 10.5. The third kappa shape index (κ3) is 3.43. The van der Waals surface area contributed by atoms with Crippen molar-refractivity contribution in [3.05, 3.63) is 30.1 Å². The Kier molecular flexibility index (Phi) is 4.54. The SMILES string of the molecule is O=C(Cc1cccnc1)N1C[C@@H](O)C[C@@H]1C1CCCCC1. The predicted octanol–water partition coefficient (Wildman–Crippen LogP) is 2.17. The van der Waals surface area contributed by atoms with Crippen LogP contribution in [0.25, 0.3) is 0 Å². The lowest BCUT2D eigenvalue weighted by molar-refractivity contribution is -0.132. The van der Waals surface area contributed by atoms with Crippen LogP contribution in [0.5, 0.6) is 0 Å². The molecule has 4 heteroatoms. The number of rotatable bonds is 3. The monoisotopic (exact) mass is 288 g/mol. The molecule has 1 saturated carbocycles. The average molecular weight is 288 g/mol. The third-order valence-corrected chi connectivity index (χ3v) is 4.91. The Bertz CT molecular complexity index is 471. The van der Waals surface area contributed by atoms with E-state index in [9.17, 15) is 9.90 Å². The van der Waals surface area contributed by atoms with E-state index in [4.69, 9.17) is 0 Å². The summed E-state index contributed by atoms with van der Waals surface area (Å²) in [5.74, 6) is 0.712. The van der Waals surface area contributed by atoms with E-state index in [1.54, 1.807) is 12.4 Å². The second-order valence-corrected chi connectivity index (χ2v) is 6.44. The molecule has 114 valence electrons. The van der Waals surface area contributed by atoms with Gasteiger partial charge in [-0.15, -0.1) is 0 Å². The van der Waals surface area contributed by atoms with E-state index in [0.29, 0.717) is 18.9 Å². The van der Waals surface area contributed by atoms with E-state index in [-0.39, 0.29) is 18.1 Å². The highest BCUT2D eigenvalue weighted by Gasteiger charge is 2.38. The summed E-state index contributed by atoms with van der Waals surface area (Å²) in [6, 6.07) is 4.04. The van der Waals surface area contributed by atoms with Gasteiger partial charge in [-0.1, -0.05) is 25.3 Å². The molecule has 1 aliphatic carbocycles. The van der Waals surface area contributed by atoms with Crippen LogP contribution in [0.15, 0.2) is 24.5 Å². The first-order valence-electron chi connectivity index (χ1n) is 8.10. The molecule has 0 aromatic carbocycles. The Labute approximate surface area is 126 Å². The summed E-state index contributed by atoms with van der Waals surface area (Å²) in [5.41, 5.74) is 0.950. The molecule has 0 spiro atoms. The maximum Gasteiger partial charge on any atom is 0.227 e. The number of amides is 1. The van der Waals surface area contributed by atoms with Gasteiger partial charge in [0.15, 0.2) is 0 Å². The van der Waals surface area contributed by atoms with Crippen LogP contribution in [0, 0.1) is 5.92 Å². The van der Waals surface area contributed by atoms with Crippen LogP contribution >= 0.6 is 0 Å². The van der Waals surface area contributed by atoms with Gasteiger partial charge in [0.25, 0.3) is 0 Å². The molecular formula is C17H24N2O2. The number of hydrogen-bond donors (Lipinski definition) is 1. The number of pyridine rings is 1. The molecule has 4 nitrogen and oxygen atoms in total. The molecule has 1 saturated heterocycles. The smallest absolute Gasteiger partial charge is 0.227 e. The van der Waals surface area contributed by atoms with Crippen LogP contribution in [0.4, 0.5) is 0 Å². The highest BCUT2D eigenvalue weighted by atomic mass is 16.3. The molecule has 1 N–H and O–H groups in total. The first-order chi connectivity index (χ1) is 10.2. The fraction of sp³-hybridized carbons (Fsp3) is 0.647. The van der Waals surface area contributed by atoms with E-state index in [2.05, 4.69) is 4.98 Å². The Morgan fingerprint density at radius 1 is 1.33 bits per heavy atom. The Balaban J connectivity index is 1.67. The van der Waals surface area contributed by atoms with Crippen LogP contribution in [0.3, 0.4) is 0 Å². The van der Waals surface area contributed by atoms with Gasteiger partial charge in [0.2, 0.25) is 5.91 Å². The van der Waals surface area contributed by atoms with Crippen molar-refractivity contribution in [2.24, 2.45) is 5.92 Å². The minimum Gasteiger partial charge on any atom is -0.391 e. The standard InChI is InChI=1S/C17H24N2O2/c20-15-10-16(14-6-2-1-3-7-14)19(12-15)17(21)9-13-5-4-8-18-11-13/h4-5,8,11,14-16,20H,1-3,6-7,9-10,12H2/t15-,16+/m0/s1. The molecule has 1 aliphatic heterocycles. The summed E-state index contributed by atoms with van der Waals surface area (Å²) in [7, 11) is 0. The number of aromatic nitrogens is 1. The maximum absolute atomic E-state index is 12.6. The van der Waals surface area contributed by atoms with Crippen molar-refractivity contribution in [1.82, 2.24) is 9.88 Å². The normalized spacial score (nSPS) is 27.0. The number of likely N-dealkylation sites (tertiary alicyclic amines) is 1. The van der Waals surface area contributed by atoms with Gasteiger partial charge in [-0.2, -0.15) is 0 Å². The van der Waals surface area contributed by atoms with Crippen molar-refractivity contribution in [3.63, 3.8) is 0 Å². The van der Waals surface area contributed by atoms with E-state index < -0.39 is 0 Å². The second-order valence-electron chi connectivity index (χ2n) is 6.44. The molecule has 2 fully saturated rings. The van der Waals surface area contributed by atoms with Gasteiger partial charge in [0, 0.05) is 25.0 Å². The van der Waals surface area contributed by atoms with Gasteiger partial charge in [0.05, 0.1) is 12.5 Å². The number of carbonyl (C=O) groups is 1. The van der Waals surface area contributed by atoms with Crippen molar-refractivity contribution in [2.75, 3.05) is 6.54 Å². The van der Waals surface area contributed by atoms with Crippen LogP contribution in [-0.4, -0.2) is 39.6 Å². The van der Waals surface area contributed by atoms with Crippen molar-refractivity contribution in [3.8, 4) is 0 Å². The highest BCUT2D eigenvalue weighted by Crippen LogP contribution is 2.34. The summed E-state index contributed by atoms with van der Waals surface area (Å²) >= 11 is 0. The number of aliphatic hydroxyl groups is 1. The van der Waals surface area contributed by atoms with Crippen molar-refractivity contribution >= 4 is 5.91 Å². The Hall–Kier alpha value is -1.42. The lowest BCUT2D eigenvalue weighted by atomic mass is 9.82. The molecule has 2 atom stereocenters. The van der Waals surface area contributed by atoms with Crippen LogP contribution in [-0.2, 0) is 11.2 Å². The minimum atomic E-state index is -0.352. The molecule has 3 rings (SSSR count). The lowest BCUT2D eigenvalue weighted by Gasteiger charge is -2.33. The van der Waals surface area contributed by atoms with Crippen LogP contribution < -0.4 is 0 Å². The average Bonchev–Trinajstić information content (AvgIpc) is 2.91. The van der Waals surface area contributed by atoms with Crippen LogP contribution in [0.2, 0.25) is 0 Å². The molecule has 0 bridgehead atoms. The number of β-amino-alcohol motifs (C(OH)–C–C–N with tert-alkyl or cyclic N) is 1. The molecule has 2 aliphatic rings. The highest BCUT2D eigenvalue weighted by molar-refractivity contribution is 5.79. The van der Waals surface area contributed by atoms with E-state index >= 15 is 0 Å². The predicted molar refractivity (Wildman–Crippen MR) is 80.6 cm³/mol. The summed E-state index contributed by atoms with van der Waals surface area (Å²) in [6.45, 7) is 0.500. The molecule has 0 unspecified atom stereocenters. The fourth-order valence-corrected chi connectivity index (χ4v) is 3.87. The van der Waals surface area contributed by atoms with E-state index in [1.807, 2.05) is 17.0 Å². The lowest BCUT2D eigenvalue weighted by Crippen LogP contribution is -2.41. The van der Waals surface area contributed by atoms with E-state index in [1.165, 1.54) is 32.1 Å². The quantitative estimate of drug-likeness (QED) is 0.927. The summed E-state index contributed by atoms with van der Waals surface area (Å²) in [5, 5.41) is 10.0. The maximum atomic E-state index is 12.6. The van der Waals surface area contributed by atoms with Gasteiger partial charge in [-0.3, -0.25) is 9.78 Å². The number of carbonyl (C=O) groups excluding carboxylic acids is 1. The zero-order valence-electron chi connectivity index (χ0n) is 12.4. The molecule has 1 aromatic heterocycles. The zero-order chi connectivity index (χ0) is 14.7. The molecular weight excluding hydrogens is 264 g/mol. The largest absolute Gasteiger partial charge is 0.391 e. The second kappa shape index (κ2) is 6.56. The number of nitrogens with zero attached hydrogens (tertiary/aromatic N) is 2. The molecule has 1 aromatic rings. The van der Waals surface area contributed by atoms with Gasteiger partial charge in [-0.25, -0.2) is 0 Å². The van der Waals surface area contributed by atoms with Gasteiger partial charge in [0.1, 0.15) is 0 Å². The van der Waals surface area contributed by atoms with Gasteiger partial charge in [-0.05, 0) is 36.8 Å².